The molecular formula is C22H24N8O2. The fourth-order valence-corrected chi connectivity index (χ4v) is 4.07. The van der Waals surface area contributed by atoms with Crippen LogP contribution in [0.1, 0.15) is 55.3 Å². The number of nitrogens with zero attached hydrogens (tertiary/aromatic N) is 4. The molecule has 10 nitrogen and oxygen atoms in total. The van der Waals surface area contributed by atoms with Gasteiger partial charge in [-0.1, -0.05) is 6.07 Å². The summed E-state index contributed by atoms with van der Waals surface area (Å²) in [4.78, 5) is 8.86. The number of nitrogens with one attached hydrogen (secondary N) is 2. The number of aromatic nitrogens is 1. The molecule has 1 aromatic heterocycles. The Bertz CT molecular complexity index is 1140. The van der Waals surface area contributed by atoms with Crippen molar-refractivity contribution in [2.24, 2.45) is 4.99 Å². The van der Waals surface area contributed by atoms with Crippen LogP contribution in [-0.2, 0) is 0 Å². The van der Waals surface area contributed by atoms with Crippen LogP contribution in [-0.4, -0.2) is 23.7 Å². The second-order valence-corrected chi connectivity index (χ2v) is 7.57. The first-order valence-corrected chi connectivity index (χ1v) is 10.5. The third kappa shape index (κ3) is 3.91. The molecule has 0 radical (unpaired) electrons. The first-order valence-electron chi connectivity index (χ1n) is 10.5. The zero-order valence-electron chi connectivity index (χ0n) is 17.7. The van der Waals surface area contributed by atoms with E-state index < -0.39 is 6.04 Å². The standard InChI is InChI=1S/C22H24N8O2/c1-2-31-16-9-12(7-8-15(16)32-13-5-3-4-6-13)19-17-18(25)14(10-23)20(26)29-21(17)30-22(28-19)27-11-24/h7-9,13,19H,2-6H2,1H3,(H6,25,26,27,28,29,30). The lowest BCUT2D eigenvalue weighted by Crippen LogP contribution is -2.32. The molecule has 0 spiro atoms. The van der Waals surface area contributed by atoms with Crippen LogP contribution in [0.15, 0.2) is 23.2 Å². The van der Waals surface area contributed by atoms with Crippen LogP contribution in [0, 0.1) is 22.8 Å². The van der Waals surface area contributed by atoms with Crippen LogP contribution in [0.3, 0.4) is 0 Å². The van der Waals surface area contributed by atoms with Crippen LogP contribution < -0.4 is 31.6 Å². The number of hydrogen-bond acceptors (Lipinski definition) is 10. The van der Waals surface area contributed by atoms with Crippen LogP contribution in [0.2, 0.25) is 0 Å². The van der Waals surface area contributed by atoms with E-state index in [0.29, 0.717) is 29.5 Å². The highest BCUT2D eigenvalue weighted by molar-refractivity contribution is 5.98. The molecule has 1 atom stereocenters. The van der Waals surface area contributed by atoms with E-state index in [-0.39, 0.29) is 29.1 Å². The molecule has 1 fully saturated rings. The highest BCUT2D eigenvalue weighted by atomic mass is 16.5. The van der Waals surface area contributed by atoms with E-state index in [9.17, 15) is 5.26 Å². The highest BCUT2D eigenvalue weighted by Gasteiger charge is 2.30. The topological polar surface area (TPSA) is 167 Å². The van der Waals surface area contributed by atoms with E-state index in [4.69, 9.17) is 26.2 Å². The van der Waals surface area contributed by atoms with Crippen molar-refractivity contribution in [3.63, 3.8) is 0 Å². The first kappa shape index (κ1) is 21.1. The monoisotopic (exact) mass is 432 g/mol. The lowest BCUT2D eigenvalue weighted by Gasteiger charge is -2.27. The smallest absolute Gasteiger partial charge is 0.211 e. The number of ether oxygens (including phenoxy) is 2. The number of guanidine groups is 1. The summed E-state index contributed by atoms with van der Waals surface area (Å²) in [5.41, 5.74) is 13.7. The first-order chi connectivity index (χ1) is 15.5. The summed E-state index contributed by atoms with van der Waals surface area (Å²) in [7, 11) is 0. The minimum absolute atomic E-state index is 0.00326. The Morgan fingerprint density at radius 1 is 1.22 bits per heavy atom. The Kier molecular flexibility index (Phi) is 5.86. The molecule has 2 aromatic rings. The number of rotatable bonds is 5. The number of nitrogens with two attached hydrogens (primary N) is 2. The van der Waals surface area contributed by atoms with Crippen molar-refractivity contribution in [1.29, 1.82) is 10.5 Å². The minimum atomic E-state index is -0.637. The molecule has 0 saturated heterocycles. The Morgan fingerprint density at radius 3 is 2.69 bits per heavy atom. The maximum Gasteiger partial charge on any atom is 0.211 e. The summed E-state index contributed by atoms with van der Waals surface area (Å²) in [6.45, 7) is 2.37. The van der Waals surface area contributed by atoms with Gasteiger partial charge >= 0.3 is 0 Å². The molecular weight excluding hydrogens is 408 g/mol. The molecule has 164 valence electrons. The van der Waals surface area contributed by atoms with Gasteiger partial charge in [0.25, 0.3) is 0 Å². The zero-order chi connectivity index (χ0) is 22.7. The second-order valence-electron chi connectivity index (χ2n) is 7.57. The summed E-state index contributed by atoms with van der Waals surface area (Å²) in [5, 5.41) is 24.0. The number of hydrogen-bond donors (Lipinski definition) is 4. The van der Waals surface area contributed by atoms with E-state index in [1.807, 2.05) is 37.4 Å². The van der Waals surface area contributed by atoms with Gasteiger partial charge < -0.3 is 26.3 Å². The van der Waals surface area contributed by atoms with Crippen molar-refractivity contribution in [3.8, 4) is 23.8 Å². The third-order valence-electron chi connectivity index (χ3n) is 5.54. The van der Waals surface area contributed by atoms with E-state index in [2.05, 4.69) is 20.6 Å². The van der Waals surface area contributed by atoms with Crippen molar-refractivity contribution in [2.75, 3.05) is 23.4 Å². The lowest BCUT2D eigenvalue weighted by atomic mass is 9.95. The molecule has 2 aliphatic rings. The molecule has 0 amide bonds. The number of aliphatic imine (C=N–C) groups is 1. The molecule has 4 rings (SSSR count). The molecule has 1 saturated carbocycles. The average molecular weight is 432 g/mol. The number of fused-ring (bicyclic) bond motifs is 1. The molecule has 1 aliphatic heterocycles. The van der Waals surface area contributed by atoms with Gasteiger partial charge in [0.05, 0.1) is 18.4 Å². The fourth-order valence-electron chi connectivity index (χ4n) is 4.07. The molecule has 0 bridgehead atoms. The van der Waals surface area contributed by atoms with E-state index in [1.54, 1.807) is 0 Å². The van der Waals surface area contributed by atoms with Gasteiger partial charge in [-0.15, -0.1) is 0 Å². The summed E-state index contributed by atoms with van der Waals surface area (Å²) in [6.07, 6.45) is 6.42. The molecule has 1 unspecified atom stereocenters. The number of pyridine rings is 1. The largest absolute Gasteiger partial charge is 0.490 e. The normalized spacial score (nSPS) is 17.3. The third-order valence-corrected chi connectivity index (χ3v) is 5.54. The highest BCUT2D eigenvalue weighted by Crippen LogP contribution is 2.43. The fraction of sp³-hybridized carbons (Fsp3) is 0.364. The SMILES string of the molecule is CCOc1cc(C2N=C(NC#N)Nc3nc(N)c(C#N)c(N)c32)ccc1OC1CCCC1. The summed E-state index contributed by atoms with van der Waals surface area (Å²) >= 11 is 0. The predicted molar refractivity (Wildman–Crippen MR) is 120 cm³/mol. The number of anilines is 3. The Hall–Kier alpha value is -4.18. The number of nitrogen functional groups attached to an aromatic ring is 2. The lowest BCUT2D eigenvalue weighted by molar-refractivity contribution is 0.196. The maximum atomic E-state index is 9.48. The molecule has 2 heterocycles. The molecule has 32 heavy (non-hydrogen) atoms. The van der Waals surface area contributed by atoms with Gasteiger partial charge in [-0.2, -0.15) is 10.5 Å². The van der Waals surface area contributed by atoms with Crippen LogP contribution in [0.4, 0.5) is 17.3 Å². The van der Waals surface area contributed by atoms with Gasteiger partial charge in [0.15, 0.2) is 17.7 Å². The predicted octanol–water partition coefficient (Wildman–Crippen LogP) is 2.78. The van der Waals surface area contributed by atoms with E-state index in [0.717, 1.165) is 18.4 Å². The second kappa shape index (κ2) is 8.90. The van der Waals surface area contributed by atoms with Gasteiger partial charge in [0, 0.05) is 5.56 Å². The van der Waals surface area contributed by atoms with E-state index >= 15 is 0 Å². The zero-order valence-corrected chi connectivity index (χ0v) is 17.7. The van der Waals surface area contributed by atoms with Gasteiger partial charge in [-0.25, -0.2) is 9.98 Å². The van der Waals surface area contributed by atoms with Crippen LogP contribution in [0.5, 0.6) is 11.5 Å². The Labute approximate surface area is 185 Å². The van der Waals surface area contributed by atoms with Gasteiger partial charge in [-0.05, 0) is 50.3 Å². The quantitative estimate of drug-likeness (QED) is 0.410. The summed E-state index contributed by atoms with van der Waals surface area (Å²) in [5.74, 6) is 1.82. The maximum absolute atomic E-state index is 9.48. The van der Waals surface area contributed by atoms with Crippen molar-refractivity contribution < 1.29 is 9.47 Å². The minimum Gasteiger partial charge on any atom is -0.490 e. The van der Waals surface area contributed by atoms with Crippen molar-refractivity contribution in [1.82, 2.24) is 10.3 Å². The Balaban J connectivity index is 1.80. The van der Waals surface area contributed by atoms with Gasteiger partial charge in [0.1, 0.15) is 29.3 Å². The molecule has 6 N–H and O–H groups in total. The number of benzene rings is 1. The molecule has 10 heteroatoms. The van der Waals surface area contributed by atoms with Crippen molar-refractivity contribution >= 4 is 23.3 Å². The number of nitriles is 2. The summed E-state index contributed by atoms with van der Waals surface area (Å²) in [6, 6.07) is 6.95. The Morgan fingerprint density at radius 2 is 2.00 bits per heavy atom. The van der Waals surface area contributed by atoms with Crippen molar-refractivity contribution in [3.05, 3.63) is 34.9 Å². The van der Waals surface area contributed by atoms with Crippen LogP contribution in [0.25, 0.3) is 0 Å². The van der Waals surface area contributed by atoms with E-state index in [1.165, 1.54) is 12.8 Å². The van der Waals surface area contributed by atoms with Gasteiger partial charge in [-0.3, -0.25) is 5.32 Å². The molecule has 1 aromatic carbocycles. The molecule has 1 aliphatic carbocycles. The van der Waals surface area contributed by atoms with Crippen molar-refractivity contribution in [2.45, 2.75) is 44.8 Å². The average Bonchev–Trinajstić information content (AvgIpc) is 3.28. The summed E-state index contributed by atoms with van der Waals surface area (Å²) < 4.78 is 12.0. The van der Waals surface area contributed by atoms with Crippen LogP contribution >= 0.6 is 0 Å². The van der Waals surface area contributed by atoms with Gasteiger partial charge in [0.2, 0.25) is 5.96 Å².